The number of hydrogen-bond donors (Lipinski definition) is 1. The second-order valence-electron chi connectivity index (χ2n) is 2.60. The van der Waals surface area contributed by atoms with Crippen LogP contribution in [0.5, 0.6) is 0 Å². The summed E-state index contributed by atoms with van der Waals surface area (Å²) < 4.78 is 0. The van der Waals surface area contributed by atoms with Crippen LogP contribution in [0.1, 0.15) is 25.0 Å². The smallest absolute Gasteiger partial charge is 0.0447 e. The van der Waals surface area contributed by atoms with Crippen LogP contribution in [0.3, 0.4) is 0 Å². The summed E-state index contributed by atoms with van der Waals surface area (Å²) in [5.74, 6) is 0.427. The van der Waals surface area contributed by atoms with Gasteiger partial charge in [0.1, 0.15) is 0 Å². The van der Waals surface area contributed by atoms with E-state index in [1.165, 1.54) is 0 Å². The van der Waals surface area contributed by atoms with Crippen molar-refractivity contribution in [3.05, 3.63) is 30.1 Å². The molecule has 0 unspecified atom stereocenters. The van der Waals surface area contributed by atoms with Crippen LogP contribution in [-0.4, -0.2) is 11.5 Å². The van der Waals surface area contributed by atoms with E-state index in [1.807, 2.05) is 24.4 Å². The van der Waals surface area contributed by atoms with Gasteiger partial charge < -0.3 is 5.73 Å². The third-order valence-corrected chi connectivity index (χ3v) is 1.88. The fourth-order valence-corrected chi connectivity index (χ4v) is 1.11. The number of pyridine rings is 1. The number of aromatic nitrogens is 1. The van der Waals surface area contributed by atoms with Crippen LogP contribution in [0, 0.1) is 0 Å². The number of nitrogens with zero attached hydrogens (tertiary/aromatic N) is 1. The van der Waals surface area contributed by atoms with Crippen molar-refractivity contribution >= 4 is 0 Å². The molecule has 1 heterocycles. The molecule has 0 aliphatic rings. The summed E-state index contributed by atoms with van der Waals surface area (Å²) in [7, 11) is 0. The van der Waals surface area contributed by atoms with Crippen molar-refractivity contribution in [1.82, 2.24) is 4.98 Å². The maximum absolute atomic E-state index is 5.58. The highest BCUT2D eigenvalue weighted by atomic mass is 14.7. The summed E-state index contributed by atoms with van der Waals surface area (Å²) in [6.45, 7) is 2.82. The Morgan fingerprint density at radius 1 is 1.55 bits per heavy atom. The van der Waals surface area contributed by atoms with E-state index in [-0.39, 0.29) is 0 Å². The molecule has 0 bridgehead atoms. The highest BCUT2D eigenvalue weighted by Crippen LogP contribution is 2.13. The zero-order chi connectivity index (χ0) is 8.10. The van der Waals surface area contributed by atoms with E-state index < -0.39 is 0 Å². The van der Waals surface area contributed by atoms with Crippen LogP contribution >= 0.6 is 0 Å². The van der Waals surface area contributed by atoms with Crippen molar-refractivity contribution in [2.24, 2.45) is 5.73 Å². The molecule has 0 saturated heterocycles. The van der Waals surface area contributed by atoms with Crippen LogP contribution in [0.4, 0.5) is 0 Å². The van der Waals surface area contributed by atoms with E-state index in [2.05, 4.69) is 11.9 Å². The highest BCUT2D eigenvalue weighted by Gasteiger charge is 2.06. The van der Waals surface area contributed by atoms with Crippen molar-refractivity contribution in [1.29, 1.82) is 0 Å². The van der Waals surface area contributed by atoms with E-state index in [1.54, 1.807) is 0 Å². The maximum atomic E-state index is 5.58. The summed E-state index contributed by atoms with van der Waals surface area (Å²) in [6, 6.07) is 5.95. The molecular formula is C9H14N2. The molecule has 0 amide bonds. The van der Waals surface area contributed by atoms with Gasteiger partial charge in [-0.2, -0.15) is 0 Å². The second kappa shape index (κ2) is 4.09. The van der Waals surface area contributed by atoms with Crippen LogP contribution in [0.25, 0.3) is 0 Å². The van der Waals surface area contributed by atoms with E-state index in [9.17, 15) is 0 Å². The van der Waals surface area contributed by atoms with Crippen molar-refractivity contribution in [2.45, 2.75) is 19.3 Å². The van der Waals surface area contributed by atoms with Gasteiger partial charge in [-0.1, -0.05) is 13.0 Å². The van der Waals surface area contributed by atoms with Gasteiger partial charge >= 0.3 is 0 Å². The van der Waals surface area contributed by atoms with Gasteiger partial charge in [0, 0.05) is 24.4 Å². The van der Waals surface area contributed by atoms with Gasteiger partial charge in [0.15, 0.2) is 0 Å². The molecule has 0 radical (unpaired) electrons. The van der Waals surface area contributed by atoms with Crippen molar-refractivity contribution < 1.29 is 0 Å². The number of rotatable bonds is 3. The zero-order valence-electron chi connectivity index (χ0n) is 6.83. The average molecular weight is 150 g/mol. The minimum Gasteiger partial charge on any atom is -0.330 e. The summed E-state index contributed by atoms with van der Waals surface area (Å²) >= 11 is 0. The first-order valence-electron chi connectivity index (χ1n) is 3.99. The third kappa shape index (κ3) is 2.02. The molecule has 0 saturated carbocycles. The van der Waals surface area contributed by atoms with Crippen LogP contribution in [0.15, 0.2) is 24.4 Å². The minimum absolute atomic E-state index is 0.427. The van der Waals surface area contributed by atoms with Gasteiger partial charge in [-0.15, -0.1) is 0 Å². The predicted octanol–water partition coefficient (Wildman–Crippen LogP) is 1.53. The molecule has 1 aromatic rings. The Morgan fingerprint density at radius 3 is 2.82 bits per heavy atom. The van der Waals surface area contributed by atoms with Crippen molar-refractivity contribution in [3.63, 3.8) is 0 Å². The van der Waals surface area contributed by atoms with Gasteiger partial charge in [-0.3, -0.25) is 4.98 Å². The Labute approximate surface area is 67.5 Å². The molecule has 1 aromatic heterocycles. The summed E-state index contributed by atoms with van der Waals surface area (Å²) in [4.78, 5) is 4.24. The van der Waals surface area contributed by atoms with E-state index in [0.29, 0.717) is 12.5 Å². The molecule has 0 fully saturated rings. The minimum atomic E-state index is 0.427. The molecule has 2 heteroatoms. The Balaban J connectivity index is 2.74. The van der Waals surface area contributed by atoms with Crippen molar-refractivity contribution in [2.75, 3.05) is 6.54 Å². The van der Waals surface area contributed by atoms with E-state index in [0.717, 1.165) is 12.1 Å². The predicted molar refractivity (Wildman–Crippen MR) is 46.3 cm³/mol. The lowest BCUT2D eigenvalue weighted by Gasteiger charge is -2.09. The summed E-state index contributed by atoms with van der Waals surface area (Å²) in [5, 5.41) is 0. The largest absolute Gasteiger partial charge is 0.330 e. The third-order valence-electron chi connectivity index (χ3n) is 1.88. The second-order valence-corrected chi connectivity index (χ2v) is 2.60. The molecule has 1 atom stereocenters. The average Bonchev–Trinajstić information content (AvgIpc) is 2.09. The van der Waals surface area contributed by atoms with Gasteiger partial charge in [-0.25, -0.2) is 0 Å². The molecular weight excluding hydrogens is 136 g/mol. The van der Waals surface area contributed by atoms with E-state index >= 15 is 0 Å². The monoisotopic (exact) mass is 150 g/mol. The first-order valence-corrected chi connectivity index (χ1v) is 3.99. The fraction of sp³-hybridized carbons (Fsp3) is 0.444. The molecule has 11 heavy (non-hydrogen) atoms. The quantitative estimate of drug-likeness (QED) is 0.709. The lowest BCUT2D eigenvalue weighted by molar-refractivity contribution is 0.654. The number of nitrogens with two attached hydrogens (primary N) is 1. The molecule has 1 rings (SSSR count). The molecule has 2 N–H and O–H groups in total. The zero-order valence-corrected chi connectivity index (χ0v) is 6.83. The maximum Gasteiger partial charge on any atom is 0.0447 e. The Morgan fingerprint density at radius 2 is 2.36 bits per heavy atom. The van der Waals surface area contributed by atoms with Crippen LogP contribution in [0.2, 0.25) is 0 Å². The lowest BCUT2D eigenvalue weighted by Crippen LogP contribution is -2.12. The lowest BCUT2D eigenvalue weighted by atomic mass is 10.0. The summed E-state index contributed by atoms with van der Waals surface area (Å²) in [6.07, 6.45) is 2.88. The Bertz CT molecular complexity index is 192. The molecule has 2 nitrogen and oxygen atoms in total. The molecule has 0 aliphatic carbocycles. The summed E-state index contributed by atoms with van der Waals surface area (Å²) in [5.41, 5.74) is 6.68. The van der Waals surface area contributed by atoms with Gasteiger partial charge in [-0.05, 0) is 18.6 Å². The van der Waals surface area contributed by atoms with Crippen LogP contribution < -0.4 is 5.73 Å². The normalized spacial score (nSPS) is 12.9. The van der Waals surface area contributed by atoms with E-state index in [4.69, 9.17) is 5.73 Å². The Kier molecular flexibility index (Phi) is 3.05. The molecule has 0 spiro atoms. The van der Waals surface area contributed by atoms with Crippen LogP contribution in [-0.2, 0) is 0 Å². The molecule has 0 aromatic carbocycles. The first kappa shape index (κ1) is 8.21. The van der Waals surface area contributed by atoms with Gasteiger partial charge in [0.2, 0.25) is 0 Å². The fourth-order valence-electron chi connectivity index (χ4n) is 1.11. The molecule has 60 valence electrons. The SMILES string of the molecule is CC[C@@H](CN)c1ccccn1. The number of hydrogen-bond acceptors (Lipinski definition) is 2. The highest BCUT2D eigenvalue weighted by molar-refractivity contribution is 5.09. The molecule has 0 aliphatic heterocycles. The van der Waals surface area contributed by atoms with Crippen molar-refractivity contribution in [3.8, 4) is 0 Å². The van der Waals surface area contributed by atoms with Gasteiger partial charge in [0.05, 0.1) is 0 Å². The Hall–Kier alpha value is -0.890. The standard InChI is InChI=1S/C9H14N2/c1-2-8(7-10)9-5-3-4-6-11-9/h3-6,8H,2,7,10H2,1H3/t8-/m0/s1. The topological polar surface area (TPSA) is 38.9 Å². The van der Waals surface area contributed by atoms with Gasteiger partial charge in [0.25, 0.3) is 0 Å². The first-order chi connectivity index (χ1) is 5.38.